The van der Waals surface area contributed by atoms with Crippen LogP contribution in [-0.2, 0) is 6.54 Å². The van der Waals surface area contributed by atoms with Gasteiger partial charge in [-0.15, -0.1) is 0 Å². The molecule has 4 nitrogen and oxygen atoms in total. The molecule has 0 spiro atoms. The highest BCUT2D eigenvalue weighted by Crippen LogP contribution is 2.16. The fraction of sp³-hybridized carbons (Fsp3) is 0.125. The van der Waals surface area contributed by atoms with Crippen LogP contribution in [0.5, 0.6) is 0 Å². The van der Waals surface area contributed by atoms with E-state index in [-0.39, 0.29) is 5.56 Å². The van der Waals surface area contributed by atoms with Gasteiger partial charge in [-0.2, -0.15) is 5.26 Å². The van der Waals surface area contributed by atoms with Crippen LogP contribution >= 0.6 is 0 Å². The van der Waals surface area contributed by atoms with Crippen molar-refractivity contribution in [2.45, 2.75) is 12.6 Å². The van der Waals surface area contributed by atoms with Crippen LogP contribution in [0.2, 0.25) is 0 Å². The highest BCUT2D eigenvalue weighted by atomic mass is 19.1. The van der Waals surface area contributed by atoms with Crippen molar-refractivity contribution >= 4 is 5.97 Å². The molecule has 1 unspecified atom stereocenters. The van der Waals surface area contributed by atoms with Crippen LogP contribution in [0.15, 0.2) is 48.5 Å². The highest BCUT2D eigenvalue weighted by molar-refractivity contribution is 5.87. The summed E-state index contributed by atoms with van der Waals surface area (Å²) in [5, 5.41) is 20.9. The van der Waals surface area contributed by atoms with E-state index in [1.807, 2.05) is 6.07 Å². The number of nitriles is 1. The van der Waals surface area contributed by atoms with Crippen LogP contribution in [0.3, 0.4) is 0 Å². The fourth-order valence-electron chi connectivity index (χ4n) is 1.92. The quantitative estimate of drug-likeness (QED) is 0.885. The molecule has 2 rings (SSSR count). The summed E-state index contributed by atoms with van der Waals surface area (Å²) in [6, 6.07) is 13.7. The molecule has 0 amide bonds. The highest BCUT2D eigenvalue weighted by Gasteiger charge is 2.14. The molecule has 0 aromatic heterocycles. The molecule has 0 bridgehead atoms. The average molecular weight is 284 g/mol. The monoisotopic (exact) mass is 284 g/mol. The van der Waals surface area contributed by atoms with Gasteiger partial charge in [-0.05, 0) is 23.8 Å². The maximum atomic E-state index is 13.6. The average Bonchev–Trinajstić information content (AvgIpc) is 2.50. The Balaban J connectivity index is 2.06. The van der Waals surface area contributed by atoms with E-state index in [9.17, 15) is 9.18 Å². The Bertz CT molecular complexity index is 677. The summed E-state index contributed by atoms with van der Waals surface area (Å²) < 4.78 is 13.6. The zero-order valence-corrected chi connectivity index (χ0v) is 11.1. The largest absolute Gasteiger partial charge is 0.478 e. The van der Waals surface area contributed by atoms with E-state index in [2.05, 4.69) is 5.32 Å². The minimum absolute atomic E-state index is 0.199. The molecule has 0 saturated carbocycles. The lowest BCUT2D eigenvalue weighted by Crippen LogP contribution is -2.20. The second-order valence-corrected chi connectivity index (χ2v) is 4.47. The van der Waals surface area contributed by atoms with Crippen LogP contribution in [0.4, 0.5) is 4.39 Å². The third kappa shape index (κ3) is 3.65. The molecular formula is C16H13FN2O2. The molecule has 0 aliphatic heterocycles. The topological polar surface area (TPSA) is 73.1 Å². The van der Waals surface area contributed by atoms with Gasteiger partial charge in [0.1, 0.15) is 11.9 Å². The predicted octanol–water partition coefficient (Wildman–Crippen LogP) is 2.88. The Labute approximate surface area is 121 Å². The van der Waals surface area contributed by atoms with Gasteiger partial charge >= 0.3 is 5.97 Å². The number of rotatable bonds is 5. The van der Waals surface area contributed by atoms with Crippen molar-refractivity contribution in [2.75, 3.05) is 0 Å². The lowest BCUT2D eigenvalue weighted by atomic mass is 10.1. The third-order valence-corrected chi connectivity index (χ3v) is 3.06. The Hall–Kier alpha value is -2.71. The van der Waals surface area contributed by atoms with Crippen LogP contribution in [0.1, 0.15) is 27.5 Å². The number of hydrogen-bond donors (Lipinski definition) is 2. The van der Waals surface area contributed by atoms with Gasteiger partial charge < -0.3 is 5.11 Å². The molecule has 0 saturated heterocycles. The summed E-state index contributed by atoms with van der Waals surface area (Å²) in [6.07, 6.45) is 0. The Morgan fingerprint density at radius 1 is 1.24 bits per heavy atom. The van der Waals surface area contributed by atoms with Gasteiger partial charge in [-0.25, -0.2) is 9.18 Å². The molecular weight excluding hydrogens is 271 g/mol. The van der Waals surface area contributed by atoms with Gasteiger partial charge in [0.2, 0.25) is 0 Å². The SMILES string of the molecule is N#CC(NCc1ccc(C(=O)O)cc1)c1ccccc1F. The maximum Gasteiger partial charge on any atom is 0.335 e. The third-order valence-electron chi connectivity index (χ3n) is 3.06. The predicted molar refractivity (Wildman–Crippen MR) is 75.0 cm³/mol. The number of aromatic carboxylic acids is 1. The number of carboxylic acids is 1. The number of carboxylic acid groups (broad SMARTS) is 1. The molecule has 0 radical (unpaired) electrons. The van der Waals surface area contributed by atoms with Gasteiger partial charge in [-0.3, -0.25) is 5.32 Å². The first-order chi connectivity index (χ1) is 10.1. The first-order valence-electron chi connectivity index (χ1n) is 6.31. The van der Waals surface area contributed by atoms with Crippen LogP contribution in [0.25, 0.3) is 0 Å². The molecule has 2 N–H and O–H groups in total. The van der Waals surface area contributed by atoms with Crippen molar-refractivity contribution in [3.05, 3.63) is 71.0 Å². The molecule has 0 aliphatic rings. The minimum atomic E-state index is -0.990. The second kappa shape index (κ2) is 6.64. The summed E-state index contributed by atoms with van der Waals surface area (Å²) in [6.45, 7) is 0.340. The van der Waals surface area contributed by atoms with Crippen LogP contribution in [0, 0.1) is 17.1 Å². The van der Waals surface area contributed by atoms with E-state index in [0.29, 0.717) is 12.1 Å². The van der Waals surface area contributed by atoms with E-state index in [4.69, 9.17) is 10.4 Å². The van der Waals surface area contributed by atoms with Crippen molar-refractivity contribution in [3.63, 3.8) is 0 Å². The van der Waals surface area contributed by atoms with Gasteiger partial charge in [0.15, 0.2) is 0 Å². The zero-order chi connectivity index (χ0) is 15.2. The summed E-state index contributed by atoms with van der Waals surface area (Å²) in [7, 11) is 0. The van der Waals surface area contributed by atoms with Crippen molar-refractivity contribution in [2.24, 2.45) is 0 Å². The van der Waals surface area contributed by atoms with Gasteiger partial charge in [0, 0.05) is 12.1 Å². The van der Waals surface area contributed by atoms with E-state index >= 15 is 0 Å². The summed E-state index contributed by atoms with van der Waals surface area (Å²) in [5.41, 5.74) is 1.31. The fourth-order valence-corrected chi connectivity index (χ4v) is 1.92. The molecule has 2 aromatic carbocycles. The molecule has 21 heavy (non-hydrogen) atoms. The molecule has 0 aliphatic carbocycles. The molecule has 1 atom stereocenters. The molecule has 0 fully saturated rings. The minimum Gasteiger partial charge on any atom is -0.478 e. The Morgan fingerprint density at radius 2 is 1.90 bits per heavy atom. The number of benzene rings is 2. The first-order valence-corrected chi connectivity index (χ1v) is 6.31. The number of halogens is 1. The summed E-state index contributed by atoms with van der Waals surface area (Å²) in [4.78, 5) is 10.7. The first kappa shape index (κ1) is 14.7. The number of carbonyl (C=O) groups is 1. The van der Waals surface area contributed by atoms with E-state index in [1.165, 1.54) is 18.2 Å². The van der Waals surface area contributed by atoms with Crippen molar-refractivity contribution in [1.82, 2.24) is 5.32 Å². The van der Waals surface area contributed by atoms with Gasteiger partial charge in [0.25, 0.3) is 0 Å². The molecule has 5 heteroatoms. The van der Waals surface area contributed by atoms with Crippen molar-refractivity contribution in [1.29, 1.82) is 5.26 Å². The van der Waals surface area contributed by atoms with Gasteiger partial charge in [0.05, 0.1) is 11.6 Å². The van der Waals surface area contributed by atoms with Crippen molar-refractivity contribution < 1.29 is 14.3 Å². The zero-order valence-electron chi connectivity index (χ0n) is 11.1. The second-order valence-electron chi connectivity index (χ2n) is 4.47. The number of hydrogen-bond acceptors (Lipinski definition) is 3. The summed E-state index contributed by atoms with van der Waals surface area (Å²) >= 11 is 0. The van der Waals surface area contributed by atoms with E-state index in [0.717, 1.165) is 5.56 Å². The Kier molecular flexibility index (Phi) is 4.64. The molecule has 106 valence electrons. The van der Waals surface area contributed by atoms with Crippen LogP contribution in [-0.4, -0.2) is 11.1 Å². The standard InChI is InChI=1S/C16H13FN2O2/c17-14-4-2-1-3-13(14)15(9-18)19-10-11-5-7-12(8-6-11)16(20)21/h1-8,15,19H,10H2,(H,20,21). The van der Waals surface area contributed by atoms with E-state index < -0.39 is 17.8 Å². The maximum absolute atomic E-state index is 13.6. The lowest BCUT2D eigenvalue weighted by Gasteiger charge is -2.12. The van der Waals surface area contributed by atoms with Crippen molar-refractivity contribution in [3.8, 4) is 6.07 Å². The molecule has 2 aromatic rings. The Morgan fingerprint density at radius 3 is 2.48 bits per heavy atom. The van der Waals surface area contributed by atoms with E-state index in [1.54, 1.807) is 30.3 Å². The smallest absolute Gasteiger partial charge is 0.335 e. The summed E-state index contributed by atoms with van der Waals surface area (Å²) in [5.74, 6) is -1.42. The number of nitrogens with zero attached hydrogens (tertiary/aromatic N) is 1. The van der Waals surface area contributed by atoms with Gasteiger partial charge in [-0.1, -0.05) is 30.3 Å². The van der Waals surface area contributed by atoms with Crippen LogP contribution < -0.4 is 5.32 Å². The number of nitrogens with one attached hydrogen (secondary N) is 1. The molecule has 0 heterocycles. The lowest BCUT2D eigenvalue weighted by molar-refractivity contribution is 0.0697. The normalized spacial score (nSPS) is 11.6.